The quantitative estimate of drug-likeness (QED) is 0.756. The van der Waals surface area contributed by atoms with Crippen LogP contribution in [0.4, 0.5) is 0 Å². The van der Waals surface area contributed by atoms with Crippen molar-refractivity contribution in [1.82, 2.24) is 4.90 Å². The molecular weight excluding hydrogens is 342 g/mol. The summed E-state index contributed by atoms with van der Waals surface area (Å²) in [7, 11) is 3.37. The van der Waals surface area contributed by atoms with E-state index in [1.165, 1.54) is 12.0 Å². The molecule has 0 spiro atoms. The van der Waals surface area contributed by atoms with Gasteiger partial charge in [0.1, 0.15) is 5.76 Å². The molecule has 1 unspecified atom stereocenters. The number of thiophene rings is 1. The van der Waals surface area contributed by atoms with Gasteiger partial charge in [0.05, 0.1) is 13.2 Å². The van der Waals surface area contributed by atoms with Gasteiger partial charge < -0.3 is 9.15 Å². The number of esters is 1. The van der Waals surface area contributed by atoms with Gasteiger partial charge >= 0.3 is 5.97 Å². The first-order valence-corrected chi connectivity index (χ1v) is 7.79. The number of hydrogen-bond acceptors (Lipinski definition) is 5. The van der Waals surface area contributed by atoms with Crippen LogP contribution in [0.25, 0.3) is 0 Å². The maximum atomic E-state index is 11.4. The zero-order valence-corrected chi connectivity index (χ0v) is 14.0. The SMILES string of the molecule is COC(=O)c1ccc(C(C)N(C)Cc2cc(Br)cs2)o1. The molecule has 20 heavy (non-hydrogen) atoms. The van der Waals surface area contributed by atoms with E-state index in [1.807, 2.05) is 20.0 Å². The monoisotopic (exact) mass is 357 g/mol. The van der Waals surface area contributed by atoms with E-state index in [0.717, 1.165) is 16.8 Å². The van der Waals surface area contributed by atoms with Crippen LogP contribution in [0.15, 0.2) is 32.5 Å². The Morgan fingerprint density at radius 1 is 1.55 bits per heavy atom. The van der Waals surface area contributed by atoms with Crippen molar-refractivity contribution >= 4 is 33.2 Å². The third-order valence-electron chi connectivity index (χ3n) is 3.11. The number of carbonyl (C=O) groups excluding carboxylic acids is 1. The van der Waals surface area contributed by atoms with E-state index < -0.39 is 5.97 Å². The van der Waals surface area contributed by atoms with Gasteiger partial charge in [-0.2, -0.15) is 0 Å². The fourth-order valence-electron chi connectivity index (χ4n) is 1.82. The highest BCUT2D eigenvalue weighted by Crippen LogP contribution is 2.26. The number of furan rings is 1. The van der Waals surface area contributed by atoms with Crippen molar-refractivity contribution in [2.45, 2.75) is 19.5 Å². The van der Waals surface area contributed by atoms with Crippen molar-refractivity contribution < 1.29 is 13.9 Å². The third kappa shape index (κ3) is 3.50. The first kappa shape index (κ1) is 15.3. The van der Waals surface area contributed by atoms with Crippen molar-refractivity contribution in [3.63, 3.8) is 0 Å². The Balaban J connectivity index is 2.04. The molecule has 4 nitrogen and oxygen atoms in total. The summed E-state index contributed by atoms with van der Waals surface area (Å²) in [6, 6.07) is 5.65. The Morgan fingerprint density at radius 3 is 2.90 bits per heavy atom. The van der Waals surface area contributed by atoms with E-state index in [1.54, 1.807) is 17.4 Å². The average molecular weight is 358 g/mol. The summed E-state index contributed by atoms with van der Waals surface area (Å²) in [4.78, 5) is 14.8. The standard InChI is InChI=1S/C14H16BrNO3S/c1-9(12-4-5-13(19-12)14(17)18-3)16(2)7-11-6-10(15)8-20-11/h4-6,8-9H,7H2,1-3H3. The van der Waals surface area contributed by atoms with Gasteiger partial charge in [0, 0.05) is 21.3 Å². The molecule has 2 heterocycles. The van der Waals surface area contributed by atoms with Crippen LogP contribution in [0.2, 0.25) is 0 Å². The van der Waals surface area contributed by atoms with Crippen LogP contribution in [-0.4, -0.2) is 25.0 Å². The van der Waals surface area contributed by atoms with Gasteiger partial charge in [-0.25, -0.2) is 4.79 Å². The molecule has 2 aromatic heterocycles. The zero-order chi connectivity index (χ0) is 14.7. The molecule has 108 valence electrons. The molecule has 0 aliphatic rings. The minimum atomic E-state index is -0.451. The van der Waals surface area contributed by atoms with Crippen LogP contribution in [-0.2, 0) is 11.3 Å². The summed E-state index contributed by atoms with van der Waals surface area (Å²) in [6.45, 7) is 2.87. The van der Waals surface area contributed by atoms with Gasteiger partial charge in [-0.05, 0) is 48.1 Å². The summed E-state index contributed by atoms with van der Waals surface area (Å²) >= 11 is 5.16. The van der Waals surface area contributed by atoms with Crippen molar-refractivity contribution in [3.8, 4) is 0 Å². The number of ether oxygens (including phenoxy) is 1. The zero-order valence-electron chi connectivity index (χ0n) is 11.6. The van der Waals surface area contributed by atoms with E-state index in [4.69, 9.17) is 4.42 Å². The van der Waals surface area contributed by atoms with Gasteiger partial charge in [-0.1, -0.05) is 0 Å². The Bertz CT molecular complexity index is 593. The molecule has 0 saturated carbocycles. The molecule has 0 bridgehead atoms. The summed E-state index contributed by atoms with van der Waals surface area (Å²) in [5, 5.41) is 2.07. The highest BCUT2D eigenvalue weighted by atomic mass is 79.9. The predicted octanol–water partition coefficient (Wildman–Crippen LogP) is 4.08. The Hall–Kier alpha value is -1.11. The molecular formula is C14H16BrNO3S. The largest absolute Gasteiger partial charge is 0.463 e. The molecule has 2 rings (SSSR count). The van der Waals surface area contributed by atoms with Crippen molar-refractivity contribution in [2.75, 3.05) is 14.2 Å². The van der Waals surface area contributed by atoms with E-state index in [2.05, 4.69) is 37.0 Å². The van der Waals surface area contributed by atoms with Crippen LogP contribution in [0.1, 0.15) is 34.2 Å². The number of methoxy groups -OCH3 is 1. The smallest absolute Gasteiger partial charge is 0.373 e. The minimum Gasteiger partial charge on any atom is -0.463 e. The third-order valence-corrected chi connectivity index (χ3v) is 4.80. The van der Waals surface area contributed by atoms with Crippen LogP contribution in [0.3, 0.4) is 0 Å². The second kappa shape index (κ2) is 6.56. The normalized spacial score (nSPS) is 12.7. The van der Waals surface area contributed by atoms with Crippen LogP contribution in [0.5, 0.6) is 0 Å². The molecule has 0 aliphatic heterocycles. The average Bonchev–Trinajstić information content (AvgIpc) is 3.06. The molecule has 2 aromatic rings. The number of rotatable bonds is 5. The van der Waals surface area contributed by atoms with Crippen molar-refractivity contribution in [3.05, 3.63) is 44.4 Å². The Kier molecular flexibility index (Phi) is 5.01. The van der Waals surface area contributed by atoms with Gasteiger partial charge in [0.25, 0.3) is 0 Å². The summed E-state index contributed by atoms with van der Waals surface area (Å²) in [6.07, 6.45) is 0. The maximum Gasteiger partial charge on any atom is 0.373 e. The van der Waals surface area contributed by atoms with Crippen LogP contribution in [0, 0.1) is 0 Å². The van der Waals surface area contributed by atoms with E-state index in [0.29, 0.717) is 0 Å². The molecule has 0 radical (unpaired) electrons. The van der Waals surface area contributed by atoms with E-state index >= 15 is 0 Å². The molecule has 0 amide bonds. The Morgan fingerprint density at radius 2 is 2.30 bits per heavy atom. The fourth-order valence-corrected chi connectivity index (χ4v) is 3.34. The summed E-state index contributed by atoms with van der Waals surface area (Å²) in [5.74, 6) is 0.540. The lowest BCUT2D eigenvalue weighted by atomic mass is 10.2. The highest BCUT2D eigenvalue weighted by Gasteiger charge is 2.19. The molecule has 0 saturated heterocycles. The number of nitrogens with zero attached hydrogens (tertiary/aromatic N) is 1. The first-order valence-electron chi connectivity index (χ1n) is 6.12. The lowest BCUT2D eigenvalue weighted by molar-refractivity contribution is 0.0559. The van der Waals surface area contributed by atoms with Crippen LogP contribution < -0.4 is 0 Å². The lowest BCUT2D eigenvalue weighted by Gasteiger charge is -2.22. The second-order valence-electron chi connectivity index (χ2n) is 4.52. The molecule has 0 N–H and O–H groups in total. The number of halogens is 1. The second-order valence-corrected chi connectivity index (χ2v) is 6.43. The lowest BCUT2D eigenvalue weighted by Crippen LogP contribution is -2.21. The molecule has 0 aromatic carbocycles. The first-order chi connectivity index (χ1) is 9.51. The van der Waals surface area contributed by atoms with Crippen molar-refractivity contribution in [2.24, 2.45) is 0 Å². The minimum absolute atomic E-state index is 0.0780. The maximum absolute atomic E-state index is 11.4. The molecule has 0 fully saturated rings. The van der Waals surface area contributed by atoms with Gasteiger partial charge in [0.15, 0.2) is 0 Å². The number of hydrogen-bond donors (Lipinski definition) is 0. The highest BCUT2D eigenvalue weighted by molar-refractivity contribution is 9.10. The van der Waals surface area contributed by atoms with Crippen molar-refractivity contribution in [1.29, 1.82) is 0 Å². The van der Waals surface area contributed by atoms with Crippen LogP contribution >= 0.6 is 27.3 Å². The topological polar surface area (TPSA) is 42.7 Å². The van der Waals surface area contributed by atoms with Gasteiger partial charge in [0.2, 0.25) is 5.76 Å². The summed E-state index contributed by atoms with van der Waals surface area (Å²) < 4.78 is 11.3. The van der Waals surface area contributed by atoms with Gasteiger partial charge in [-0.15, -0.1) is 11.3 Å². The molecule has 6 heteroatoms. The molecule has 1 atom stereocenters. The predicted molar refractivity (Wildman–Crippen MR) is 81.9 cm³/mol. The number of carbonyl (C=O) groups is 1. The van der Waals surface area contributed by atoms with E-state index in [9.17, 15) is 4.79 Å². The molecule has 0 aliphatic carbocycles. The Labute approximate surface area is 130 Å². The van der Waals surface area contributed by atoms with E-state index in [-0.39, 0.29) is 11.8 Å². The van der Waals surface area contributed by atoms with Gasteiger partial charge in [-0.3, -0.25) is 4.90 Å². The summed E-state index contributed by atoms with van der Waals surface area (Å²) in [5.41, 5.74) is 0. The fraction of sp³-hybridized carbons (Fsp3) is 0.357.